The number of methoxy groups -OCH3 is 1. The Morgan fingerprint density at radius 2 is 2.00 bits per heavy atom. The van der Waals surface area contributed by atoms with Crippen LogP contribution in [0.1, 0.15) is 17.5 Å². The first-order valence-corrected chi connectivity index (χ1v) is 5.09. The van der Waals surface area contributed by atoms with Crippen LogP contribution >= 0.6 is 0 Å². The summed E-state index contributed by atoms with van der Waals surface area (Å²) in [6.07, 6.45) is 0.743. The fraction of sp³-hybridized carbons (Fsp3) is 0.385. The molecule has 1 saturated heterocycles. The molecule has 0 aromatic heterocycles. The minimum atomic E-state index is -0.606. The Morgan fingerprint density at radius 3 is 2.47 bits per heavy atom. The number of aryl methyl sites for hydroxylation is 1. The predicted octanol–water partition coefficient (Wildman–Crippen LogP) is 2.77. The Balaban J connectivity index is 2.34. The van der Waals surface area contributed by atoms with E-state index in [0.717, 1.165) is 17.6 Å². The number of hydrogen-bond acceptors (Lipinski definition) is 2. The topological polar surface area (TPSA) is 18.5 Å². The Kier molecular flexibility index (Phi) is 2.63. The molecule has 0 N–H and O–H groups in total. The summed E-state index contributed by atoms with van der Waals surface area (Å²) in [6.45, 7) is 6.59. The van der Waals surface area contributed by atoms with Crippen LogP contribution in [0.3, 0.4) is 0 Å². The first kappa shape index (κ1) is 10.4. The lowest BCUT2D eigenvalue weighted by atomic mass is 10.00. The highest BCUT2D eigenvalue weighted by molar-refractivity contribution is 5.28. The van der Waals surface area contributed by atoms with Crippen molar-refractivity contribution >= 4 is 0 Å². The highest BCUT2D eigenvalue weighted by Gasteiger charge is 2.38. The van der Waals surface area contributed by atoms with Crippen LogP contribution in [0.15, 0.2) is 36.4 Å². The molecular weight excluding hydrogens is 188 g/mol. The maximum Gasteiger partial charge on any atom is 0.198 e. The van der Waals surface area contributed by atoms with Crippen LogP contribution in [0.5, 0.6) is 0 Å². The van der Waals surface area contributed by atoms with E-state index in [2.05, 4.69) is 37.8 Å². The molecule has 0 radical (unpaired) electrons. The van der Waals surface area contributed by atoms with E-state index in [1.807, 2.05) is 0 Å². The molecule has 0 amide bonds. The molecule has 1 aromatic rings. The standard InChI is InChI=1S/C13H16O2/c1-10-4-6-12(7-5-10)13(14-3)8-11(2)9-15-13/h4-7H,2,8-9H2,1,3H3. The monoisotopic (exact) mass is 204 g/mol. The fourth-order valence-electron chi connectivity index (χ4n) is 1.89. The lowest BCUT2D eigenvalue weighted by Gasteiger charge is -2.26. The zero-order valence-electron chi connectivity index (χ0n) is 9.25. The van der Waals surface area contributed by atoms with Gasteiger partial charge in [0.15, 0.2) is 5.79 Å². The SMILES string of the molecule is C=C1COC(OC)(c2ccc(C)cc2)C1. The lowest BCUT2D eigenvalue weighted by Crippen LogP contribution is -2.26. The van der Waals surface area contributed by atoms with Crippen molar-refractivity contribution in [3.8, 4) is 0 Å². The van der Waals surface area contributed by atoms with Crippen molar-refractivity contribution in [3.05, 3.63) is 47.5 Å². The van der Waals surface area contributed by atoms with Gasteiger partial charge in [0, 0.05) is 19.1 Å². The molecule has 1 aromatic carbocycles. The van der Waals surface area contributed by atoms with Gasteiger partial charge in [-0.15, -0.1) is 0 Å². The molecule has 0 saturated carbocycles. The van der Waals surface area contributed by atoms with E-state index >= 15 is 0 Å². The number of benzene rings is 1. The molecule has 2 nitrogen and oxygen atoms in total. The average Bonchev–Trinajstić information content (AvgIpc) is 2.62. The molecule has 0 spiro atoms. The van der Waals surface area contributed by atoms with Crippen LogP contribution in [-0.4, -0.2) is 13.7 Å². The van der Waals surface area contributed by atoms with E-state index in [4.69, 9.17) is 9.47 Å². The second-order valence-electron chi connectivity index (χ2n) is 4.04. The van der Waals surface area contributed by atoms with E-state index in [1.165, 1.54) is 5.56 Å². The molecule has 0 aliphatic carbocycles. The Bertz CT molecular complexity index is 367. The third-order valence-electron chi connectivity index (χ3n) is 2.81. The van der Waals surface area contributed by atoms with E-state index in [-0.39, 0.29) is 0 Å². The van der Waals surface area contributed by atoms with Crippen LogP contribution < -0.4 is 0 Å². The molecule has 1 fully saturated rings. The van der Waals surface area contributed by atoms with Crippen molar-refractivity contribution < 1.29 is 9.47 Å². The smallest absolute Gasteiger partial charge is 0.198 e. The average molecular weight is 204 g/mol. The van der Waals surface area contributed by atoms with Gasteiger partial charge < -0.3 is 9.47 Å². The van der Waals surface area contributed by atoms with Crippen molar-refractivity contribution in [2.45, 2.75) is 19.1 Å². The fourth-order valence-corrected chi connectivity index (χ4v) is 1.89. The van der Waals surface area contributed by atoms with Crippen LogP contribution in [0.25, 0.3) is 0 Å². The van der Waals surface area contributed by atoms with Crippen molar-refractivity contribution in [1.29, 1.82) is 0 Å². The van der Waals surface area contributed by atoms with Crippen molar-refractivity contribution in [1.82, 2.24) is 0 Å². The van der Waals surface area contributed by atoms with E-state index in [9.17, 15) is 0 Å². The first-order valence-electron chi connectivity index (χ1n) is 5.09. The molecule has 1 aliphatic heterocycles. The lowest BCUT2D eigenvalue weighted by molar-refractivity contribution is -0.201. The summed E-state index contributed by atoms with van der Waals surface area (Å²) in [5, 5.41) is 0. The van der Waals surface area contributed by atoms with E-state index in [1.54, 1.807) is 7.11 Å². The summed E-state index contributed by atoms with van der Waals surface area (Å²) in [5.41, 5.74) is 3.38. The van der Waals surface area contributed by atoms with Gasteiger partial charge in [-0.05, 0) is 12.5 Å². The summed E-state index contributed by atoms with van der Waals surface area (Å²) >= 11 is 0. The molecule has 1 heterocycles. The Morgan fingerprint density at radius 1 is 1.33 bits per heavy atom. The molecule has 0 bridgehead atoms. The van der Waals surface area contributed by atoms with Crippen LogP contribution in [0.2, 0.25) is 0 Å². The van der Waals surface area contributed by atoms with Gasteiger partial charge in [0.2, 0.25) is 0 Å². The van der Waals surface area contributed by atoms with Crippen LogP contribution in [-0.2, 0) is 15.3 Å². The maximum atomic E-state index is 5.71. The number of hydrogen-bond donors (Lipinski definition) is 0. The normalized spacial score (nSPS) is 25.9. The maximum absolute atomic E-state index is 5.71. The molecule has 1 aliphatic rings. The quantitative estimate of drug-likeness (QED) is 0.690. The van der Waals surface area contributed by atoms with Gasteiger partial charge >= 0.3 is 0 Å². The molecule has 1 unspecified atom stereocenters. The molecule has 1 atom stereocenters. The summed E-state index contributed by atoms with van der Waals surface area (Å²) in [4.78, 5) is 0. The minimum absolute atomic E-state index is 0.585. The van der Waals surface area contributed by atoms with Crippen molar-refractivity contribution in [2.24, 2.45) is 0 Å². The second kappa shape index (κ2) is 3.80. The molecule has 15 heavy (non-hydrogen) atoms. The van der Waals surface area contributed by atoms with Gasteiger partial charge in [-0.25, -0.2) is 0 Å². The predicted molar refractivity (Wildman–Crippen MR) is 59.6 cm³/mol. The van der Waals surface area contributed by atoms with Crippen LogP contribution in [0, 0.1) is 6.92 Å². The van der Waals surface area contributed by atoms with Gasteiger partial charge in [-0.1, -0.05) is 36.4 Å². The van der Waals surface area contributed by atoms with Gasteiger partial charge in [0.1, 0.15) is 0 Å². The van der Waals surface area contributed by atoms with E-state index in [0.29, 0.717) is 6.61 Å². The number of ether oxygens (including phenoxy) is 2. The largest absolute Gasteiger partial charge is 0.349 e. The Labute approximate surface area is 90.5 Å². The van der Waals surface area contributed by atoms with Crippen LogP contribution in [0.4, 0.5) is 0 Å². The van der Waals surface area contributed by atoms with Crippen molar-refractivity contribution in [3.63, 3.8) is 0 Å². The van der Waals surface area contributed by atoms with Gasteiger partial charge in [-0.2, -0.15) is 0 Å². The van der Waals surface area contributed by atoms with E-state index < -0.39 is 5.79 Å². The number of rotatable bonds is 2. The summed E-state index contributed by atoms with van der Waals surface area (Å²) in [7, 11) is 1.68. The minimum Gasteiger partial charge on any atom is -0.349 e. The zero-order chi connectivity index (χ0) is 10.9. The highest BCUT2D eigenvalue weighted by atomic mass is 16.7. The Hall–Kier alpha value is -1.12. The van der Waals surface area contributed by atoms with Gasteiger partial charge in [-0.3, -0.25) is 0 Å². The summed E-state index contributed by atoms with van der Waals surface area (Å²) in [5.74, 6) is -0.606. The first-order chi connectivity index (χ1) is 7.16. The molecular formula is C13H16O2. The van der Waals surface area contributed by atoms with Gasteiger partial charge in [0.25, 0.3) is 0 Å². The molecule has 2 rings (SSSR count). The summed E-state index contributed by atoms with van der Waals surface area (Å²) < 4.78 is 11.2. The summed E-state index contributed by atoms with van der Waals surface area (Å²) in [6, 6.07) is 8.25. The molecule has 80 valence electrons. The molecule has 2 heteroatoms. The second-order valence-corrected chi connectivity index (χ2v) is 4.04. The third kappa shape index (κ3) is 1.83. The van der Waals surface area contributed by atoms with Crippen molar-refractivity contribution in [2.75, 3.05) is 13.7 Å². The zero-order valence-corrected chi connectivity index (χ0v) is 9.25. The third-order valence-corrected chi connectivity index (χ3v) is 2.81. The van der Waals surface area contributed by atoms with Gasteiger partial charge in [0.05, 0.1) is 6.61 Å². The highest BCUT2D eigenvalue weighted by Crippen LogP contribution is 2.38.